The van der Waals surface area contributed by atoms with Gasteiger partial charge in [0.05, 0.1) is 0 Å². The fourth-order valence-electron chi connectivity index (χ4n) is 2.71. The molecule has 0 radical (unpaired) electrons. The van der Waals surface area contributed by atoms with Crippen LogP contribution in [0.1, 0.15) is 29.7 Å². The van der Waals surface area contributed by atoms with E-state index in [-0.39, 0.29) is 0 Å². The number of fused-ring (bicyclic) bond motifs is 1. The van der Waals surface area contributed by atoms with Crippen molar-refractivity contribution in [1.29, 1.82) is 0 Å². The molecule has 1 aromatic carbocycles. The molecular weight excluding hydrogens is 305 g/mol. The molecule has 3 nitrogen and oxygen atoms in total. The van der Waals surface area contributed by atoms with Gasteiger partial charge in [-0.2, -0.15) is 0 Å². The molecule has 110 valence electrons. The Bertz CT molecular complexity index is 643. The minimum atomic E-state index is 0.668. The summed E-state index contributed by atoms with van der Waals surface area (Å²) < 4.78 is 0. The SMILES string of the molecule is Clc1ccc(CCNc2ncnc3c2CCCC3)c(Cl)c1. The molecule has 5 heteroatoms. The van der Waals surface area contributed by atoms with Crippen molar-refractivity contribution < 1.29 is 0 Å². The van der Waals surface area contributed by atoms with Gasteiger partial charge in [0.1, 0.15) is 12.1 Å². The van der Waals surface area contributed by atoms with Crippen molar-refractivity contribution in [3.8, 4) is 0 Å². The standard InChI is InChI=1S/C16H17Cl2N3/c17-12-6-5-11(14(18)9-12)7-8-19-16-13-3-1-2-4-15(13)20-10-21-16/h5-6,9-10H,1-4,7-8H2,(H,19,20,21). The van der Waals surface area contributed by atoms with Crippen LogP contribution in [0.5, 0.6) is 0 Å². The fraction of sp³-hybridized carbons (Fsp3) is 0.375. The van der Waals surface area contributed by atoms with E-state index in [1.54, 1.807) is 12.4 Å². The summed E-state index contributed by atoms with van der Waals surface area (Å²) in [6, 6.07) is 5.63. The predicted octanol–water partition coefficient (Wildman–Crippen LogP) is 4.32. The Morgan fingerprint density at radius 3 is 2.81 bits per heavy atom. The van der Waals surface area contributed by atoms with Crippen LogP contribution in [0.2, 0.25) is 10.0 Å². The van der Waals surface area contributed by atoms with Gasteiger partial charge in [0.25, 0.3) is 0 Å². The zero-order valence-electron chi connectivity index (χ0n) is 11.7. The van der Waals surface area contributed by atoms with Crippen LogP contribution in [-0.2, 0) is 19.3 Å². The predicted molar refractivity (Wildman–Crippen MR) is 87.3 cm³/mol. The third-order valence-electron chi connectivity index (χ3n) is 3.83. The first-order valence-electron chi connectivity index (χ1n) is 7.24. The molecule has 21 heavy (non-hydrogen) atoms. The minimum Gasteiger partial charge on any atom is -0.369 e. The second-order valence-corrected chi connectivity index (χ2v) is 6.11. The second-order valence-electron chi connectivity index (χ2n) is 5.27. The van der Waals surface area contributed by atoms with E-state index in [9.17, 15) is 0 Å². The van der Waals surface area contributed by atoms with Crippen molar-refractivity contribution in [2.75, 3.05) is 11.9 Å². The Labute approximate surface area is 134 Å². The highest BCUT2D eigenvalue weighted by atomic mass is 35.5. The number of aryl methyl sites for hydroxylation is 1. The van der Waals surface area contributed by atoms with E-state index in [0.29, 0.717) is 10.0 Å². The fourth-order valence-corrected chi connectivity index (χ4v) is 3.22. The lowest BCUT2D eigenvalue weighted by Gasteiger charge is -2.18. The van der Waals surface area contributed by atoms with Gasteiger partial charge in [0.2, 0.25) is 0 Å². The molecule has 1 N–H and O–H groups in total. The molecule has 3 rings (SSSR count). The summed E-state index contributed by atoms with van der Waals surface area (Å²) in [6.45, 7) is 0.796. The number of rotatable bonds is 4. The lowest BCUT2D eigenvalue weighted by Crippen LogP contribution is -2.14. The lowest BCUT2D eigenvalue weighted by atomic mass is 9.96. The summed E-state index contributed by atoms with van der Waals surface area (Å²) in [6.07, 6.45) is 7.08. The molecular formula is C16H17Cl2N3. The Balaban J connectivity index is 1.65. The van der Waals surface area contributed by atoms with E-state index in [1.165, 1.54) is 24.1 Å². The van der Waals surface area contributed by atoms with Gasteiger partial charge >= 0.3 is 0 Å². The van der Waals surface area contributed by atoms with Crippen molar-refractivity contribution >= 4 is 29.0 Å². The van der Waals surface area contributed by atoms with Crippen LogP contribution in [0, 0.1) is 0 Å². The normalized spacial score (nSPS) is 13.8. The van der Waals surface area contributed by atoms with Gasteiger partial charge in [0.15, 0.2) is 0 Å². The number of hydrogen-bond acceptors (Lipinski definition) is 3. The van der Waals surface area contributed by atoms with Crippen molar-refractivity contribution in [2.45, 2.75) is 32.1 Å². The topological polar surface area (TPSA) is 37.8 Å². The number of halogens is 2. The van der Waals surface area contributed by atoms with E-state index in [4.69, 9.17) is 23.2 Å². The zero-order chi connectivity index (χ0) is 14.7. The maximum Gasteiger partial charge on any atom is 0.132 e. The Morgan fingerprint density at radius 1 is 1.10 bits per heavy atom. The molecule has 0 aliphatic heterocycles. The molecule has 1 heterocycles. The van der Waals surface area contributed by atoms with Crippen LogP contribution in [0.15, 0.2) is 24.5 Å². The van der Waals surface area contributed by atoms with Gasteiger partial charge in [0, 0.05) is 27.8 Å². The van der Waals surface area contributed by atoms with Crippen LogP contribution in [0.3, 0.4) is 0 Å². The highest BCUT2D eigenvalue weighted by Crippen LogP contribution is 2.25. The molecule has 2 aromatic rings. The van der Waals surface area contributed by atoms with Gasteiger partial charge in [-0.15, -0.1) is 0 Å². The van der Waals surface area contributed by atoms with Crippen molar-refractivity contribution in [2.24, 2.45) is 0 Å². The Kier molecular flexibility index (Phi) is 4.61. The molecule has 1 aromatic heterocycles. The Morgan fingerprint density at radius 2 is 1.95 bits per heavy atom. The van der Waals surface area contributed by atoms with Crippen LogP contribution in [-0.4, -0.2) is 16.5 Å². The average Bonchev–Trinajstić information content (AvgIpc) is 2.50. The summed E-state index contributed by atoms with van der Waals surface area (Å²) in [7, 11) is 0. The number of nitrogens with zero attached hydrogens (tertiary/aromatic N) is 2. The van der Waals surface area contributed by atoms with Crippen molar-refractivity contribution in [3.05, 3.63) is 51.4 Å². The van der Waals surface area contributed by atoms with E-state index >= 15 is 0 Å². The third-order valence-corrected chi connectivity index (χ3v) is 4.41. The molecule has 1 aliphatic rings. The van der Waals surface area contributed by atoms with Crippen LogP contribution in [0.4, 0.5) is 5.82 Å². The molecule has 0 saturated carbocycles. The van der Waals surface area contributed by atoms with Crippen LogP contribution < -0.4 is 5.32 Å². The van der Waals surface area contributed by atoms with Gasteiger partial charge in [-0.1, -0.05) is 29.3 Å². The van der Waals surface area contributed by atoms with E-state index in [1.807, 2.05) is 12.1 Å². The molecule has 0 bridgehead atoms. The Hall–Kier alpha value is -1.32. The van der Waals surface area contributed by atoms with Gasteiger partial charge in [-0.3, -0.25) is 0 Å². The molecule has 0 fully saturated rings. The molecule has 0 amide bonds. The van der Waals surface area contributed by atoms with Crippen LogP contribution >= 0.6 is 23.2 Å². The minimum absolute atomic E-state index is 0.668. The molecule has 0 unspecified atom stereocenters. The highest BCUT2D eigenvalue weighted by Gasteiger charge is 2.15. The summed E-state index contributed by atoms with van der Waals surface area (Å²) in [5.74, 6) is 0.977. The molecule has 0 atom stereocenters. The van der Waals surface area contributed by atoms with Gasteiger partial charge in [-0.05, 0) is 49.8 Å². The molecule has 1 aliphatic carbocycles. The summed E-state index contributed by atoms with van der Waals surface area (Å²) >= 11 is 12.1. The third kappa shape index (κ3) is 3.47. The number of anilines is 1. The maximum absolute atomic E-state index is 6.19. The number of hydrogen-bond donors (Lipinski definition) is 1. The average molecular weight is 322 g/mol. The van der Waals surface area contributed by atoms with E-state index in [0.717, 1.165) is 37.2 Å². The number of aromatic nitrogens is 2. The maximum atomic E-state index is 6.19. The summed E-state index contributed by atoms with van der Waals surface area (Å²) in [4.78, 5) is 8.77. The van der Waals surface area contributed by atoms with Crippen molar-refractivity contribution in [1.82, 2.24) is 9.97 Å². The smallest absolute Gasteiger partial charge is 0.132 e. The first-order chi connectivity index (χ1) is 10.2. The largest absolute Gasteiger partial charge is 0.369 e. The number of nitrogens with one attached hydrogen (secondary N) is 1. The van der Waals surface area contributed by atoms with Crippen molar-refractivity contribution in [3.63, 3.8) is 0 Å². The monoisotopic (exact) mass is 321 g/mol. The van der Waals surface area contributed by atoms with Gasteiger partial charge < -0.3 is 5.32 Å². The highest BCUT2D eigenvalue weighted by molar-refractivity contribution is 6.35. The lowest BCUT2D eigenvalue weighted by molar-refractivity contribution is 0.663. The summed E-state index contributed by atoms with van der Waals surface area (Å²) in [5, 5.41) is 4.81. The van der Waals surface area contributed by atoms with E-state index < -0.39 is 0 Å². The zero-order valence-corrected chi connectivity index (χ0v) is 13.2. The molecule has 0 spiro atoms. The van der Waals surface area contributed by atoms with Gasteiger partial charge in [-0.25, -0.2) is 9.97 Å². The number of benzene rings is 1. The molecule has 0 saturated heterocycles. The first-order valence-corrected chi connectivity index (χ1v) is 8.00. The second kappa shape index (κ2) is 6.63. The first kappa shape index (κ1) is 14.6. The van der Waals surface area contributed by atoms with Crippen LogP contribution in [0.25, 0.3) is 0 Å². The summed E-state index contributed by atoms with van der Waals surface area (Å²) in [5.41, 5.74) is 3.57. The van der Waals surface area contributed by atoms with E-state index in [2.05, 4.69) is 15.3 Å². The quantitative estimate of drug-likeness (QED) is 0.911.